The summed E-state index contributed by atoms with van der Waals surface area (Å²) < 4.78 is 37.8. The summed E-state index contributed by atoms with van der Waals surface area (Å²) in [5.74, 6) is -1.17. The van der Waals surface area contributed by atoms with Gasteiger partial charge in [-0.05, 0) is 34.9 Å². The van der Waals surface area contributed by atoms with E-state index in [-0.39, 0.29) is 18.5 Å². The number of benzene rings is 2. The largest absolute Gasteiger partial charge is 0.335 e. The number of carbonyl (C=O) groups is 1. The molecular formula is C23H23Cl2FN2O3S. The summed E-state index contributed by atoms with van der Waals surface area (Å²) in [6.07, 6.45) is 1.70. The van der Waals surface area contributed by atoms with Gasteiger partial charge in [0.25, 0.3) is 0 Å². The van der Waals surface area contributed by atoms with Gasteiger partial charge >= 0.3 is 0 Å². The summed E-state index contributed by atoms with van der Waals surface area (Å²) in [7, 11) is -3.44. The molecule has 4 rings (SSSR count). The lowest BCUT2D eigenvalue weighted by atomic mass is 9.79. The van der Waals surface area contributed by atoms with Gasteiger partial charge in [0.2, 0.25) is 5.91 Å². The Morgan fingerprint density at radius 2 is 1.69 bits per heavy atom. The minimum absolute atomic E-state index is 0.144. The number of aliphatic imine (C=N–C) groups is 1. The molecule has 2 aliphatic heterocycles. The van der Waals surface area contributed by atoms with Gasteiger partial charge in [0.15, 0.2) is 15.5 Å². The summed E-state index contributed by atoms with van der Waals surface area (Å²) in [5.41, 5.74) is 1.45. The van der Waals surface area contributed by atoms with Crippen LogP contribution in [0, 0.1) is 0 Å². The third-order valence-electron chi connectivity index (χ3n) is 6.09. The molecule has 1 amide bonds. The van der Waals surface area contributed by atoms with Crippen LogP contribution in [0.1, 0.15) is 30.0 Å². The van der Waals surface area contributed by atoms with Crippen LogP contribution >= 0.6 is 23.2 Å². The molecule has 0 N–H and O–H groups in total. The van der Waals surface area contributed by atoms with Crippen LogP contribution in [0.5, 0.6) is 0 Å². The average Bonchev–Trinajstić information content (AvgIpc) is 3.07. The molecular weight excluding hydrogens is 474 g/mol. The maximum atomic E-state index is 15.2. The molecule has 0 bridgehead atoms. The van der Waals surface area contributed by atoms with E-state index in [1.165, 1.54) is 4.90 Å². The SMILES string of the molecule is CC1(c2cc(Cl)cc(Cl)c2)CN=C(c2ccc(C3(F)CN(C(=O)CS(C)(=O)=O)C3)cc2)C1. The van der Waals surface area contributed by atoms with Gasteiger partial charge in [0, 0.05) is 40.4 Å². The summed E-state index contributed by atoms with van der Waals surface area (Å²) in [6, 6.07) is 12.6. The number of hydrogen-bond acceptors (Lipinski definition) is 4. The van der Waals surface area contributed by atoms with E-state index in [1.807, 2.05) is 24.3 Å². The Labute approximate surface area is 197 Å². The van der Waals surface area contributed by atoms with E-state index in [4.69, 9.17) is 28.2 Å². The highest BCUT2D eigenvalue weighted by Gasteiger charge is 2.47. The topological polar surface area (TPSA) is 66.8 Å². The van der Waals surface area contributed by atoms with E-state index in [1.54, 1.807) is 18.2 Å². The normalized spacial score (nSPS) is 22.4. The summed E-state index contributed by atoms with van der Waals surface area (Å²) in [4.78, 5) is 17.9. The van der Waals surface area contributed by atoms with E-state index in [0.29, 0.717) is 28.6 Å². The predicted octanol–water partition coefficient (Wildman–Crippen LogP) is 4.20. The molecule has 0 spiro atoms. The van der Waals surface area contributed by atoms with E-state index < -0.39 is 27.2 Å². The van der Waals surface area contributed by atoms with Crippen LogP contribution in [0.15, 0.2) is 47.5 Å². The Hall–Kier alpha value is -1.96. The Balaban J connectivity index is 1.43. The van der Waals surface area contributed by atoms with Gasteiger partial charge in [-0.25, -0.2) is 12.8 Å². The summed E-state index contributed by atoms with van der Waals surface area (Å²) in [6.45, 7) is 2.43. The zero-order valence-corrected chi connectivity index (χ0v) is 20.1. The third-order valence-corrected chi connectivity index (χ3v) is 7.30. The maximum absolute atomic E-state index is 15.2. The fourth-order valence-electron chi connectivity index (χ4n) is 4.23. The fourth-order valence-corrected chi connectivity index (χ4v) is 5.39. The molecule has 0 aromatic heterocycles. The first-order valence-electron chi connectivity index (χ1n) is 10.1. The molecule has 2 aromatic carbocycles. The molecule has 0 radical (unpaired) electrons. The highest BCUT2D eigenvalue weighted by Crippen LogP contribution is 2.39. The first-order chi connectivity index (χ1) is 14.9. The highest BCUT2D eigenvalue weighted by molar-refractivity contribution is 7.91. The number of alkyl halides is 1. The van der Waals surface area contributed by atoms with Crippen molar-refractivity contribution in [2.45, 2.75) is 24.4 Å². The van der Waals surface area contributed by atoms with Crippen molar-refractivity contribution in [1.82, 2.24) is 4.90 Å². The van der Waals surface area contributed by atoms with Gasteiger partial charge in [0.05, 0.1) is 13.1 Å². The van der Waals surface area contributed by atoms with Crippen LogP contribution in [-0.2, 0) is 25.7 Å². The molecule has 170 valence electrons. The molecule has 32 heavy (non-hydrogen) atoms. The molecule has 9 heteroatoms. The maximum Gasteiger partial charge on any atom is 0.237 e. The molecule has 5 nitrogen and oxygen atoms in total. The number of amides is 1. The smallest absolute Gasteiger partial charge is 0.237 e. The van der Waals surface area contributed by atoms with Gasteiger partial charge in [-0.3, -0.25) is 9.79 Å². The first kappa shape index (κ1) is 23.2. The van der Waals surface area contributed by atoms with Crippen molar-refractivity contribution < 1.29 is 17.6 Å². The average molecular weight is 497 g/mol. The molecule has 2 heterocycles. The minimum atomic E-state index is -3.44. The molecule has 1 unspecified atom stereocenters. The van der Waals surface area contributed by atoms with E-state index in [9.17, 15) is 13.2 Å². The monoisotopic (exact) mass is 496 g/mol. The Kier molecular flexibility index (Phi) is 5.89. The van der Waals surface area contributed by atoms with Crippen molar-refractivity contribution in [3.05, 3.63) is 69.2 Å². The van der Waals surface area contributed by atoms with Crippen LogP contribution in [0.25, 0.3) is 0 Å². The molecule has 2 aliphatic rings. The van der Waals surface area contributed by atoms with Crippen LogP contribution < -0.4 is 0 Å². The summed E-state index contributed by atoms with van der Waals surface area (Å²) in [5, 5.41) is 1.17. The molecule has 0 saturated carbocycles. The number of hydrogen-bond donors (Lipinski definition) is 0. The van der Waals surface area contributed by atoms with E-state index >= 15 is 4.39 Å². The lowest BCUT2D eigenvalue weighted by Crippen LogP contribution is -2.59. The number of carbonyl (C=O) groups excluding carboxylic acids is 1. The van der Waals surface area contributed by atoms with Crippen molar-refractivity contribution in [3.63, 3.8) is 0 Å². The van der Waals surface area contributed by atoms with Crippen LogP contribution in [0.3, 0.4) is 0 Å². The number of sulfone groups is 1. The zero-order valence-electron chi connectivity index (χ0n) is 17.7. The van der Waals surface area contributed by atoms with E-state index in [2.05, 4.69) is 6.92 Å². The second-order valence-electron chi connectivity index (χ2n) is 9.02. The van der Waals surface area contributed by atoms with Crippen molar-refractivity contribution in [1.29, 1.82) is 0 Å². The van der Waals surface area contributed by atoms with Crippen molar-refractivity contribution in [3.8, 4) is 0 Å². The number of nitrogens with zero attached hydrogens (tertiary/aromatic N) is 2. The number of halogens is 3. The van der Waals surface area contributed by atoms with Crippen molar-refractivity contribution in [2.75, 3.05) is 31.6 Å². The standard InChI is InChI=1S/C23H23Cl2FN2O3S/c1-22(17-7-18(24)9-19(25)8-17)10-20(27-12-22)15-3-5-16(6-4-15)23(26)13-28(14-23)21(29)11-32(2,30)31/h3-9H,10-14H2,1-2H3. The molecule has 1 atom stereocenters. The number of rotatable bonds is 5. The second-order valence-corrected chi connectivity index (χ2v) is 12.0. The molecule has 1 saturated heterocycles. The second kappa shape index (κ2) is 8.12. The van der Waals surface area contributed by atoms with Crippen LogP contribution in [0.2, 0.25) is 10.0 Å². The van der Waals surface area contributed by atoms with Gasteiger partial charge < -0.3 is 4.90 Å². The molecule has 2 aromatic rings. The minimum Gasteiger partial charge on any atom is -0.335 e. The van der Waals surface area contributed by atoms with E-state index in [0.717, 1.165) is 23.1 Å². The quantitative estimate of drug-likeness (QED) is 0.622. The van der Waals surface area contributed by atoms with Crippen LogP contribution in [-0.4, -0.2) is 56.6 Å². The van der Waals surface area contributed by atoms with Crippen LogP contribution in [0.4, 0.5) is 4.39 Å². The zero-order chi connectivity index (χ0) is 23.3. The third kappa shape index (κ3) is 4.70. The van der Waals surface area contributed by atoms with Gasteiger partial charge in [-0.2, -0.15) is 0 Å². The summed E-state index contributed by atoms with van der Waals surface area (Å²) >= 11 is 12.3. The number of likely N-dealkylation sites (tertiary alicyclic amines) is 1. The van der Waals surface area contributed by atoms with Crippen molar-refractivity contribution >= 4 is 44.7 Å². The fraction of sp³-hybridized carbons (Fsp3) is 0.391. The Morgan fingerprint density at radius 1 is 1.09 bits per heavy atom. The van der Waals surface area contributed by atoms with Gasteiger partial charge in [-0.1, -0.05) is 54.4 Å². The Bertz CT molecular complexity index is 1190. The van der Waals surface area contributed by atoms with Crippen molar-refractivity contribution in [2.24, 2.45) is 4.99 Å². The first-order valence-corrected chi connectivity index (χ1v) is 12.9. The lowest BCUT2D eigenvalue weighted by Gasteiger charge is -2.44. The lowest BCUT2D eigenvalue weighted by molar-refractivity contribution is -0.143. The molecule has 1 fully saturated rings. The predicted molar refractivity (Wildman–Crippen MR) is 125 cm³/mol. The van der Waals surface area contributed by atoms with Gasteiger partial charge in [0.1, 0.15) is 5.75 Å². The molecule has 0 aliphatic carbocycles. The van der Waals surface area contributed by atoms with Gasteiger partial charge in [-0.15, -0.1) is 0 Å². The Morgan fingerprint density at radius 3 is 2.25 bits per heavy atom. The highest BCUT2D eigenvalue weighted by atomic mass is 35.5.